The van der Waals surface area contributed by atoms with Gasteiger partial charge in [0.05, 0.1) is 10.2 Å². The molecule has 0 amide bonds. The van der Waals surface area contributed by atoms with E-state index in [0.717, 1.165) is 15.8 Å². The van der Waals surface area contributed by atoms with E-state index in [1.54, 1.807) is 12.1 Å². The van der Waals surface area contributed by atoms with Gasteiger partial charge in [-0.05, 0) is 12.1 Å². The number of rotatable bonds is 1. The predicted octanol–water partition coefficient (Wildman–Crippen LogP) is 2.34. The fourth-order valence-electron chi connectivity index (χ4n) is 1.82. The van der Waals surface area contributed by atoms with Crippen molar-refractivity contribution in [2.75, 3.05) is 0 Å². The van der Waals surface area contributed by atoms with Crippen LogP contribution in [0.3, 0.4) is 0 Å². The predicted molar refractivity (Wildman–Crippen MR) is 60.4 cm³/mol. The SMILES string of the molecule is O=C(O)C1Cc2c(ccc3nc(Cl)sc23)O1. The second kappa shape index (κ2) is 3.33. The first kappa shape index (κ1) is 9.86. The minimum Gasteiger partial charge on any atom is -0.478 e. The summed E-state index contributed by atoms with van der Waals surface area (Å²) in [6.45, 7) is 0. The molecule has 0 saturated carbocycles. The Bertz CT molecular complexity index is 595. The van der Waals surface area contributed by atoms with Crippen molar-refractivity contribution >= 4 is 39.1 Å². The third-order valence-corrected chi connectivity index (χ3v) is 3.76. The molecule has 1 unspecified atom stereocenters. The summed E-state index contributed by atoms with van der Waals surface area (Å²) in [6, 6.07) is 3.54. The van der Waals surface area contributed by atoms with Gasteiger partial charge in [-0.1, -0.05) is 11.6 Å². The molecule has 82 valence electrons. The standard InChI is InChI=1S/C10H6ClNO3S/c11-10-12-5-1-2-6-4(8(5)16-10)3-7(15-6)9(13)14/h1-2,7H,3H2,(H,13,14). The lowest BCUT2D eigenvalue weighted by Crippen LogP contribution is -2.24. The minimum atomic E-state index is -0.944. The highest BCUT2D eigenvalue weighted by Crippen LogP contribution is 2.38. The number of carboxylic acids is 1. The summed E-state index contributed by atoms with van der Waals surface area (Å²) in [4.78, 5) is 15.0. The zero-order chi connectivity index (χ0) is 11.3. The van der Waals surface area contributed by atoms with Crippen molar-refractivity contribution in [1.82, 2.24) is 4.98 Å². The number of carboxylic acid groups (broad SMARTS) is 1. The molecule has 0 saturated heterocycles. The van der Waals surface area contributed by atoms with Crippen LogP contribution in [0.1, 0.15) is 5.56 Å². The number of hydrogen-bond donors (Lipinski definition) is 1. The summed E-state index contributed by atoms with van der Waals surface area (Å²) in [5.41, 5.74) is 1.69. The number of ether oxygens (including phenoxy) is 1. The van der Waals surface area contributed by atoms with Crippen molar-refractivity contribution in [3.05, 3.63) is 22.2 Å². The van der Waals surface area contributed by atoms with Gasteiger partial charge in [0.25, 0.3) is 0 Å². The maximum atomic E-state index is 10.8. The van der Waals surface area contributed by atoms with Gasteiger partial charge in [-0.25, -0.2) is 9.78 Å². The van der Waals surface area contributed by atoms with Gasteiger partial charge in [0.2, 0.25) is 0 Å². The summed E-state index contributed by atoms with van der Waals surface area (Å²) in [5.74, 6) is -0.319. The molecule has 0 spiro atoms. The molecule has 0 aliphatic carbocycles. The molecular weight excluding hydrogens is 250 g/mol. The number of benzene rings is 1. The fraction of sp³-hybridized carbons (Fsp3) is 0.200. The minimum absolute atomic E-state index is 0.376. The van der Waals surface area contributed by atoms with E-state index in [1.807, 2.05) is 0 Å². The Morgan fingerprint density at radius 2 is 2.44 bits per heavy atom. The van der Waals surface area contributed by atoms with Gasteiger partial charge < -0.3 is 9.84 Å². The molecule has 1 aromatic carbocycles. The zero-order valence-corrected chi connectivity index (χ0v) is 9.51. The number of nitrogens with zero attached hydrogens (tertiary/aromatic N) is 1. The summed E-state index contributed by atoms with van der Waals surface area (Å²) >= 11 is 7.19. The van der Waals surface area contributed by atoms with Crippen molar-refractivity contribution in [3.63, 3.8) is 0 Å². The lowest BCUT2D eigenvalue weighted by Gasteiger charge is -2.02. The van der Waals surface area contributed by atoms with Gasteiger partial charge in [0, 0.05) is 12.0 Å². The van der Waals surface area contributed by atoms with Crippen LogP contribution in [0.25, 0.3) is 10.2 Å². The van der Waals surface area contributed by atoms with E-state index in [1.165, 1.54) is 11.3 Å². The van der Waals surface area contributed by atoms with Gasteiger partial charge in [0.1, 0.15) is 5.75 Å². The van der Waals surface area contributed by atoms with Crippen molar-refractivity contribution in [1.29, 1.82) is 0 Å². The first-order valence-electron chi connectivity index (χ1n) is 4.62. The number of aliphatic carboxylic acids is 1. The first-order chi connectivity index (χ1) is 7.65. The van der Waals surface area contributed by atoms with E-state index in [0.29, 0.717) is 16.6 Å². The Balaban J connectivity index is 2.16. The monoisotopic (exact) mass is 255 g/mol. The Morgan fingerprint density at radius 3 is 3.19 bits per heavy atom. The van der Waals surface area contributed by atoms with Crippen LogP contribution in [0.4, 0.5) is 0 Å². The van der Waals surface area contributed by atoms with Gasteiger partial charge in [-0.15, -0.1) is 11.3 Å². The molecule has 1 aromatic heterocycles. The van der Waals surface area contributed by atoms with E-state index in [-0.39, 0.29) is 0 Å². The van der Waals surface area contributed by atoms with Crippen LogP contribution < -0.4 is 4.74 Å². The van der Waals surface area contributed by atoms with Gasteiger partial charge in [-0.2, -0.15) is 0 Å². The van der Waals surface area contributed by atoms with E-state index < -0.39 is 12.1 Å². The second-order valence-corrected chi connectivity index (χ2v) is 5.09. The van der Waals surface area contributed by atoms with Gasteiger partial charge >= 0.3 is 5.97 Å². The molecule has 6 heteroatoms. The van der Waals surface area contributed by atoms with Crippen LogP contribution in [-0.4, -0.2) is 22.2 Å². The third-order valence-electron chi connectivity index (χ3n) is 2.53. The number of carbonyl (C=O) groups is 1. The summed E-state index contributed by atoms with van der Waals surface area (Å²) in [7, 11) is 0. The normalized spacial score (nSPS) is 18.4. The Labute approximate surface area is 99.4 Å². The molecule has 1 atom stereocenters. The average molecular weight is 256 g/mol. The van der Waals surface area contributed by atoms with Crippen LogP contribution in [0.5, 0.6) is 5.75 Å². The Kier molecular flexibility index (Phi) is 2.05. The summed E-state index contributed by atoms with van der Waals surface area (Å²) in [6.07, 6.45) is -0.415. The zero-order valence-electron chi connectivity index (χ0n) is 7.94. The van der Waals surface area contributed by atoms with Crippen molar-refractivity contribution in [2.45, 2.75) is 12.5 Å². The molecule has 2 heterocycles. The van der Waals surface area contributed by atoms with Gasteiger partial charge in [-0.3, -0.25) is 0 Å². The molecule has 1 N–H and O–H groups in total. The lowest BCUT2D eigenvalue weighted by molar-refractivity contribution is -0.144. The van der Waals surface area contributed by atoms with Crippen LogP contribution >= 0.6 is 22.9 Å². The van der Waals surface area contributed by atoms with Crippen molar-refractivity contribution in [2.24, 2.45) is 0 Å². The molecule has 0 radical (unpaired) electrons. The maximum Gasteiger partial charge on any atom is 0.345 e. The largest absolute Gasteiger partial charge is 0.478 e. The lowest BCUT2D eigenvalue weighted by atomic mass is 10.1. The molecule has 1 aliphatic rings. The number of aromatic nitrogens is 1. The molecule has 3 rings (SSSR count). The highest BCUT2D eigenvalue weighted by molar-refractivity contribution is 7.22. The third kappa shape index (κ3) is 1.36. The smallest absolute Gasteiger partial charge is 0.345 e. The van der Waals surface area contributed by atoms with Gasteiger partial charge in [0.15, 0.2) is 10.6 Å². The Hall–Kier alpha value is -1.33. The highest BCUT2D eigenvalue weighted by Gasteiger charge is 2.30. The first-order valence-corrected chi connectivity index (χ1v) is 5.82. The van der Waals surface area contributed by atoms with E-state index >= 15 is 0 Å². The van der Waals surface area contributed by atoms with E-state index in [4.69, 9.17) is 21.4 Å². The van der Waals surface area contributed by atoms with Crippen LogP contribution in [0, 0.1) is 0 Å². The highest BCUT2D eigenvalue weighted by atomic mass is 35.5. The molecule has 4 nitrogen and oxygen atoms in total. The van der Waals surface area contributed by atoms with E-state index in [2.05, 4.69) is 4.98 Å². The maximum absolute atomic E-state index is 10.8. The van der Waals surface area contributed by atoms with Crippen LogP contribution in [0.2, 0.25) is 4.47 Å². The summed E-state index contributed by atoms with van der Waals surface area (Å²) in [5, 5.41) is 8.90. The second-order valence-electron chi connectivity index (χ2n) is 3.51. The fourth-order valence-corrected chi connectivity index (χ4v) is 2.98. The van der Waals surface area contributed by atoms with Crippen molar-refractivity contribution < 1.29 is 14.6 Å². The molecule has 2 aromatic rings. The topological polar surface area (TPSA) is 59.4 Å². The number of thiazole rings is 1. The molecule has 0 bridgehead atoms. The quantitative estimate of drug-likeness (QED) is 0.850. The molecule has 16 heavy (non-hydrogen) atoms. The number of halogens is 1. The molecular formula is C10H6ClNO3S. The van der Waals surface area contributed by atoms with Crippen LogP contribution in [0.15, 0.2) is 12.1 Å². The average Bonchev–Trinajstić information content (AvgIpc) is 2.77. The number of fused-ring (bicyclic) bond motifs is 3. The van der Waals surface area contributed by atoms with Crippen molar-refractivity contribution in [3.8, 4) is 5.75 Å². The Morgan fingerprint density at radius 1 is 1.62 bits per heavy atom. The number of hydrogen-bond acceptors (Lipinski definition) is 4. The molecule has 1 aliphatic heterocycles. The summed E-state index contributed by atoms with van der Waals surface area (Å²) < 4.78 is 6.70. The van der Waals surface area contributed by atoms with Crippen LogP contribution in [-0.2, 0) is 11.2 Å². The van der Waals surface area contributed by atoms with E-state index in [9.17, 15) is 4.79 Å². The molecule has 0 fully saturated rings.